The minimum absolute atomic E-state index is 0.106. The zero-order valence-corrected chi connectivity index (χ0v) is 15.7. The van der Waals surface area contributed by atoms with Gasteiger partial charge in [-0.25, -0.2) is 0 Å². The number of hydrogen-bond acceptors (Lipinski definition) is 7. The summed E-state index contributed by atoms with van der Waals surface area (Å²) in [5.74, 6) is -4.56. The van der Waals surface area contributed by atoms with Gasteiger partial charge in [-0.1, -0.05) is 19.4 Å². The molecule has 4 N–H and O–H groups in total. The molecule has 0 spiro atoms. The van der Waals surface area contributed by atoms with E-state index in [1.165, 1.54) is 25.3 Å². The van der Waals surface area contributed by atoms with Gasteiger partial charge in [-0.05, 0) is 24.1 Å². The van der Waals surface area contributed by atoms with Crippen LogP contribution < -0.4 is 10.1 Å². The van der Waals surface area contributed by atoms with Crippen LogP contribution in [0.4, 0.5) is 0 Å². The van der Waals surface area contributed by atoms with Gasteiger partial charge in [0.05, 0.1) is 25.6 Å². The quantitative estimate of drug-likeness (QED) is 0.485. The van der Waals surface area contributed by atoms with Crippen molar-refractivity contribution in [1.29, 1.82) is 0 Å². The van der Waals surface area contributed by atoms with Crippen LogP contribution in [0.1, 0.15) is 31.4 Å². The van der Waals surface area contributed by atoms with Crippen LogP contribution in [0.15, 0.2) is 18.2 Å². The van der Waals surface area contributed by atoms with Crippen LogP contribution in [-0.4, -0.2) is 63.8 Å². The Balaban J connectivity index is 2.09. The second-order valence-electron chi connectivity index (χ2n) is 7.17. The second kappa shape index (κ2) is 7.40. The van der Waals surface area contributed by atoms with E-state index in [1.807, 2.05) is 6.92 Å². The molecule has 152 valence electrons. The fourth-order valence-electron chi connectivity index (χ4n) is 4.18. The number of nitrogens with one attached hydrogen (secondary N) is 1. The maximum atomic E-state index is 13.0. The lowest BCUT2D eigenvalue weighted by Crippen LogP contribution is -2.58. The first-order valence-electron chi connectivity index (χ1n) is 9.16. The topological polar surface area (TPSA) is 136 Å². The van der Waals surface area contributed by atoms with Gasteiger partial charge < -0.3 is 20.1 Å². The van der Waals surface area contributed by atoms with Gasteiger partial charge in [0.25, 0.3) is 0 Å². The van der Waals surface area contributed by atoms with Crippen LogP contribution in [0, 0.1) is 11.8 Å². The van der Waals surface area contributed by atoms with Crippen molar-refractivity contribution in [3.63, 3.8) is 0 Å². The minimum atomic E-state index is -1.96. The molecular weight excluding hydrogens is 368 g/mol. The monoisotopic (exact) mass is 392 g/mol. The van der Waals surface area contributed by atoms with Gasteiger partial charge in [0.2, 0.25) is 11.8 Å². The third-order valence-corrected chi connectivity index (χ3v) is 5.67. The zero-order chi connectivity index (χ0) is 20.6. The SMILES string of the molecule is CCCCN1C(=O)C2C(c3ccc(O)c(OC)c3)NC(CO)(C(=O)O)C2C1=O. The van der Waals surface area contributed by atoms with E-state index in [1.54, 1.807) is 0 Å². The third kappa shape index (κ3) is 2.82. The molecule has 4 unspecified atom stereocenters. The molecule has 0 saturated carbocycles. The Hall–Kier alpha value is -2.65. The Morgan fingerprint density at radius 2 is 2.04 bits per heavy atom. The molecule has 4 atom stereocenters. The molecule has 2 fully saturated rings. The van der Waals surface area contributed by atoms with Crippen LogP contribution in [0.3, 0.4) is 0 Å². The Labute approximate surface area is 161 Å². The molecule has 28 heavy (non-hydrogen) atoms. The molecule has 3 rings (SSSR count). The summed E-state index contributed by atoms with van der Waals surface area (Å²) in [4.78, 5) is 39.2. The molecule has 2 heterocycles. The largest absolute Gasteiger partial charge is 0.504 e. The van der Waals surface area contributed by atoms with Gasteiger partial charge in [-0.2, -0.15) is 0 Å². The summed E-state index contributed by atoms with van der Waals surface area (Å²) in [5, 5.41) is 32.4. The van der Waals surface area contributed by atoms with Crippen molar-refractivity contribution in [2.45, 2.75) is 31.3 Å². The number of amides is 2. The number of aliphatic carboxylic acids is 1. The van der Waals surface area contributed by atoms with Crippen LogP contribution in [-0.2, 0) is 14.4 Å². The molecule has 2 amide bonds. The molecule has 2 saturated heterocycles. The van der Waals surface area contributed by atoms with E-state index < -0.39 is 47.8 Å². The van der Waals surface area contributed by atoms with Gasteiger partial charge in [0, 0.05) is 12.6 Å². The van der Waals surface area contributed by atoms with E-state index in [0.29, 0.717) is 12.0 Å². The van der Waals surface area contributed by atoms with E-state index in [-0.39, 0.29) is 18.0 Å². The van der Waals surface area contributed by atoms with Gasteiger partial charge >= 0.3 is 5.97 Å². The number of rotatable bonds is 7. The normalized spacial score (nSPS) is 29.2. The van der Waals surface area contributed by atoms with Crippen LogP contribution in [0.5, 0.6) is 11.5 Å². The number of imide groups is 1. The second-order valence-corrected chi connectivity index (χ2v) is 7.17. The van der Waals surface area contributed by atoms with E-state index in [4.69, 9.17) is 4.74 Å². The predicted octanol–water partition coefficient (Wildman–Crippen LogP) is 0.262. The maximum absolute atomic E-state index is 13.0. The summed E-state index contributed by atoms with van der Waals surface area (Å²) >= 11 is 0. The summed E-state index contributed by atoms with van der Waals surface area (Å²) in [6, 6.07) is 3.58. The number of methoxy groups -OCH3 is 1. The highest BCUT2D eigenvalue weighted by molar-refractivity contribution is 6.09. The molecule has 1 aromatic rings. The summed E-state index contributed by atoms with van der Waals surface area (Å²) < 4.78 is 5.10. The van der Waals surface area contributed by atoms with E-state index in [9.17, 15) is 29.7 Å². The zero-order valence-electron chi connectivity index (χ0n) is 15.7. The molecule has 0 aliphatic carbocycles. The molecule has 2 aliphatic rings. The molecule has 0 radical (unpaired) electrons. The summed E-state index contributed by atoms with van der Waals surface area (Å²) in [6.07, 6.45) is 1.38. The number of aliphatic hydroxyl groups is 1. The number of hydrogen-bond donors (Lipinski definition) is 4. The number of ether oxygens (including phenoxy) is 1. The number of unbranched alkanes of at least 4 members (excludes halogenated alkanes) is 1. The Kier molecular flexibility index (Phi) is 5.31. The number of carbonyl (C=O) groups excluding carboxylic acids is 2. The van der Waals surface area contributed by atoms with Crippen molar-refractivity contribution in [3.05, 3.63) is 23.8 Å². The standard InChI is InChI=1S/C19H24N2O7/c1-3-4-7-21-16(24)13-14(17(21)25)19(9-22,18(26)27)20-15(13)10-5-6-11(23)12(8-10)28-2/h5-6,8,13-15,20,22-23H,3-4,7,9H2,1-2H3,(H,26,27). The lowest BCUT2D eigenvalue weighted by atomic mass is 9.79. The van der Waals surface area contributed by atoms with E-state index in [2.05, 4.69) is 5.32 Å². The number of phenolic OH excluding ortho intramolecular Hbond substituents is 1. The number of carboxylic acid groups (broad SMARTS) is 1. The van der Waals surface area contributed by atoms with Crippen molar-refractivity contribution in [2.24, 2.45) is 11.8 Å². The number of phenols is 1. The smallest absolute Gasteiger partial charge is 0.327 e. The molecule has 0 aromatic heterocycles. The van der Waals surface area contributed by atoms with Gasteiger partial charge in [-0.15, -0.1) is 0 Å². The van der Waals surface area contributed by atoms with Crippen molar-refractivity contribution in [2.75, 3.05) is 20.3 Å². The number of benzene rings is 1. The molecule has 9 nitrogen and oxygen atoms in total. The minimum Gasteiger partial charge on any atom is -0.504 e. The maximum Gasteiger partial charge on any atom is 0.327 e. The van der Waals surface area contributed by atoms with E-state index in [0.717, 1.165) is 11.3 Å². The number of fused-ring (bicyclic) bond motifs is 1. The highest BCUT2D eigenvalue weighted by Gasteiger charge is 2.68. The fourth-order valence-corrected chi connectivity index (χ4v) is 4.18. The summed E-state index contributed by atoms with van der Waals surface area (Å²) in [5.41, 5.74) is -1.48. The van der Waals surface area contributed by atoms with Crippen molar-refractivity contribution in [1.82, 2.24) is 10.2 Å². The molecular formula is C19H24N2O7. The highest BCUT2D eigenvalue weighted by Crippen LogP contribution is 2.49. The number of likely N-dealkylation sites (tertiary alicyclic amines) is 1. The number of nitrogens with zero attached hydrogens (tertiary/aromatic N) is 1. The van der Waals surface area contributed by atoms with Crippen LogP contribution >= 0.6 is 0 Å². The Morgan fingerprint density at radius 1 is 1.32 bits per heavy atom. The first-order chi connectivity index (χ1) is 13.3. The average Bonchev–Trinajstić information content (AvgIpc) is 3.16. The van der Waals surface area contributed by atoms with Gasteiger partial charge in [0.1, 0.15) is 0 Å². The third-order valence-electron chi connectivity index (χ3n) is 5.67. The first-order valence-corrected chi connectivity index (χ1v) is 9.16. The Morgan fingerprint density at radius 3 is 2.61 bits per heavy atom. The van der Waals surface area contributed by atoms with Crippen LogP contribution in [0.2, 0.25) is 0 Å². The van der Waals surface area contributed by atoms with Crippen molar-refractivity contribution in [3.8, 4) is 11.5 Å². The Bertz CT molecular complexity index is 811. The predicted molar refractivity (Wildman–Crippen MR) is 96.6 cm³/mol. The molecule has 2 aliphatic heterocycles. The average molecular weight is 392 g/mol. The van der Waals surface area contributed by atoms with Crippen LogP contribution in [0.25, 0.3) is 0 Å². The van der Waals surface area contributed by atoms with Gasteiger partial charge in [0.15, 0.2) is 17.0 Å². The lowest BCUT2D eigenvalue weighted by molar-refractivity contribution is -0.153. The number of carbonyl (C=O) groups is 3. The summed E-state index contributed by atoms with van der Waals surface area (Å²) in [6.45, 7) is 1.30. The fraction of sp³-hybridized carbons (Fsp3) is 0.526. The highest BCUT2D eigenvalue weighted by atomic mass is 16.5. The molecule has 9 heteroatoms. The summed E-state index contributed by atoms with van der Waals surface area (Å²) in [7, 11) is 1.37. The van der Waals surface area contributed by atoms with Crippen molar-refractivity contribution < 1.29 is 34.4 Å². The van der Waals surface area contributed by atoms with Crippen molar-refractivity contribution >= 4 is 17.8 Å². The lowest BCUT2D eigenvalue weighted by Gasteiger charge is -2.29. The van der Waals surface area contributed by atoms with Gasteiger partial charge in [-0.3, -0.25) is 24.6 Å². The molecule has 0 bridgehead atoms. The first kappa shape index (κ1) is 20.1. The number of carboxylic acids is 1. The number of aliphatic hydroxyl groups excluding tert-OH is 1. The number of aromatic hydroxyl groups is 1. The van der Waals surface area contributed by atoms with E-state index >= 15 is 0 Å². The molecule has 1 aromatic carbocycles.